The van der Waals surface area contributed by atoms with Gasteiger partial charge in [0.05, 0.1) is 23.1 Å². The molecule has 5 aromatic rings. The second kappa shape index (κ2) is 7.79. The summed E-state index contributed by atoms with van der Waals surface area (Å²) in [6, 6.07) is 24.3. The third kappa shape index (κ3) is 3.53. The second-order valence-corrected chi connectivity index (χ2v) is 7.07. The number of hydrogen-bond donors (Lipinski definition) is 0. The average molecular weight is 392 g/mol. The van der Waals surface area contributed by atoms with E-state index in [9.17, 15) is 0 Å². The largest absolute Gasteiger partial charge is 0.487 e. The van der Waals surface area contributed by atoms with Crippen LogP contribution >= 0.6 is 0 Å². The zero-order valence-electron chi connectivity index (χ0n) is 16.6. The molecule has 0 aliphatic carbocycles. The molecular formula is C25H20N4O. The fourth-order valence-electron chi connectivity index (χ4n) is 3.58. The molecule has 0 atom stereocenters. The molecular weight excluding hydrogens is 372 g/mol. The van der Waals surface area contributed by atoms with Crippen molar-refractivity contribution in [2.24, 2.45) is 7.05 Å². The number of pyridine rings is 2. The molecule has 0 spiro atoms. The quantitative estimate of drug-likeness (QED) is 0.408. The van der Waals surface area contributed by atoms with E-state index in [1.54, 1.807) is 12.4 Å². The Balaban J connectivity index is 1.35. The molecule has 0 fully saturated rings. The standard InChI is InChI=1S/C25H20N4O/c1-29-25(20-12-14-26-15-13-20)23(16-27-29)18-7-10-22(11-8-18)30-17-21-9-6-19-4-2-3-5-24(19)28-21/h2-16H,17H2,1H3. The van der Waals surface area contributed by atoms with Crippen LogP contribution in [0.1, 0.15) is 5.69 Å². The zero-order valence-corrected chi connectivity index (χ0v) is 16.6. The molecule has 0 amide bonds. The lowest BCUT2D eigenvalue weighted by Crippen LogP contribution is -1.98. The molecule has 2 aromatic carbocycles. The van der Waals surface area contributed by atoms with E-state index in [0.717, 1.165) is 44.7 Å². The zero-order chi connectivity index (χ0) is 20.3. The summed E-state index contributed by atoms with van der Waals surface area (Å²) in [5.74, 6) is 0.808. The normalized spacial score (nSPS) is 11.0. The summed E-state index contributed by atoms with van der Waals surface area (Å²) < 4.78 is 7.85. The van der Waals surface area contributed by atoms with E-state index >= 15 is 0 Å². The summed E-state index contributed by atoms with van der Waals surface area (Å²) in [7, 11) is 1.95. The first-order valence-corrected chi connectivity index (χ1v) is 9.78. The molecule has 0 aliphatic heterocycles. The molecule has 5 heteroatoms. The molecule has 0 N–H and O–H groups in total. The molecule has 30 heavy (non-hydrogen) atoms. The lowest BCUT2D eigenvalue weighted by atomic mass is 10.0. The Morgan fingerprint density at radius 1 is 0.833 bits per heavy atom. The van der Waals surface area contributed by atoms with Crippen molar-refractivity contribution >= 4 is 10.9 Å². The number of hydrogen-bond acceptors (Lipinski definition) is 4. The van der Waals surface area contributed by atoms with Crippen molar-refractivity contribution in [2.75, 3.05) is 0 Å². The molecule has 3 aromatic heterocycles. The summed E-state index contributed by atoms with van der Waals surface area (Å²) in [5, 5.41) is 5.58. The summed E-state index contributed by atoms with van der Waals surface area (Å²) in [6.07, 6.45) is 5.48. The molecule has 0 aliphatic rings. The molecule has 0 unspecified atom stereocenters. The molecule has 0 bridgehead atoms. The van der Waals surface area contributed by atoms with Gasteiger partial charge in [-0.3, -0.25) is 9.67 Å². The van der Waals surface area contributed by atoms with Gasteiger partial charge < -0.3 is 4.74 Å². The van der Waals surface area contributed by atoms with Gasteiger partial charge in [0.25, 0.3) is 0 Å². The third-order valence-electron chi connectivity index (χ3n) is 5.10. The number of fused-ring (bicyclic) bond motifs is 1. The van der Waals surface area contributed by atoms with Crippen LogP contribution in [-0.4, -0.2) is 19.7 Å². The first-order valence-electron chi connectivity index (χ1n) is 9.78. The van der Waals surface area contributed by atoms with Crippen molar-refractivity contribution in [3.05, 3.63) is 97.1 Å². The minimum atomic E-state index is 0.430. The number of nitrogens with zero attached hydrogens (tertiary/aromatic N) is 4. The Morgan fingerprint density at radius 2 is 1.63 bits per heavy atom. The molecule has 5 nitrogen and oxygen atoms in total. The third-order valence-corrected chi connectivity index (χ3v) is 5.10. The van der Waals surface area contributed by atoms with E-state index in [-0.39, 0.29) is 0 Å². The number of para-hydroxylation sites is 1. The van der Waals surface area contributed by atoms with E-state index in [2.05, 4.69) is 39.3 Å². The Morgan fingerprint density at radius 3 is 2.47 bits per heavy atom. The van der Waals surface area contributed by atoms with Crippen molar-refractivity contribution < 1.29 is 4.74 Å². The molecule has 0 saturated heterocycles. The van der Waals surface area contributed by atoms with Gasteiger partial charge in [-0.15, -0.1) is 0 Å². The highest BCUT2D eigenvalue weighted by molar-refractivity contribution is 5.81. The Labute approximate surface area is 174 Å². The van der Waals surface area contributed by atoms with Crippen LogP contribution in [0, 0.1) is 0 Å². The maximum atomic E-state index is 5.96. The van der Waals surface area contributed by atoms with Crippen LogP contribution in [0.3, 0.4) is 0 Å². The van der Waals surface area contributed by atoms with Crippen LogP contribution in [0.4, 0.5) is 0 Å². The van der Waals surface area contributed by atoms with E-state index in [4.69, 9.17) is 4.74 Å². The Hall–Kier alpha value is -3.99. The van der Waals surface area contributed by atoms with Gasteiger partial charge >= 0.3 is 0 Å². The summed E-state index contributed by atoms with van der Waals surface area (Å²) >= 11 is 0. The minimum absolute atomic E-state index is 0.430. The van der Waals surface area contributed by atoms with Crippen molar-refractivity contribution in [3.63, 3.8) is 0 Å². The van der Waals surface area contributed by atoms with E-state index < -0.39 is 0 Å². The fourth-order valence-corrected chi connectivity index (χ4v) is 3.58. The summed E-state index contributed by atoms with van der Waals surface area (Å²) in [4.78, 5) is 8.77. The Kier molecular flexibility index (Phi) is 4.69. The predicted molar refractivity (Wildman–Crippen MR) is 118 cm³/mol. The van der Waals surface area contributed by atoms with Gasteiger partial charge in [-0.25, -0.2) is 4.98 Å². The van der Waals surface area contributed by atoms with Crippen LogP contribution < -0.4 is 4.74 Å². The average Bonchev–Trinajstić information content (AvgIpc) is 3.20. The van der Waals surface area contributed by atoms with Crippen LogP contribution in [0.2, 0.25) is 0 Å². The number of rotatable bonds is 5. The van der Waals surface area contributed by atoms with Crippen LogP contribution in [0.15, 0.2) is 91.4 Å². The highest BCUT2D eigenvalue weighted by atomic mass is 16.5. The van der Waals surface area contributed by atoms with Crippen molar-refractivity contribution in [1.29, 1.82) is 0 Å². The summed E-state index contributed by atoms with van der Waals surface area (Å²) in [5.41, 5.74) is 6.20. The van der Waals surface area contributed by atoms with Crippen molar-refractivity contribution in [3.8, 4) is 28.1 Å². The minimum Gasteiger partial charge on any atom is -0.487 e. The Bertz CT molecular complexity index is 1290. The summed E-state index contributed by atoms with van der Waals surface area (Å²) in [6.45, 7) is 0.430. The molecule has 0 saturated carbocycles. The first kappa shape index (κ1) is 18.1. The molecule has 146 valence electrons. The van der Waals surface area contributed by atoms with Gasteiger partial charge in [0.2, 0.25) is 0 Å². The second-order valence-electron chi connectivity index (χ2n) is 7.07. The number of ether oxygens (including phenoxy) is 1. The SMILES string of the molecule is Cn1ncc(-c2ccc(OCc3ccc4ccccc4n3)cc2)c1-c1ccncc1. The highest BCUT2D eigenvalue weighted by Crippen LogP contribution is 2.32. The lowest BCUT2D eigenvalue weighted by molar-refractivity contribution is 0.302. The van der Waals surface area contributed by atoms with E-state index in [1.807, 2.05) is 66.5 Å². The van der Waals surface area contributed by atoms with E-state index in [1.165, 1.54) is 0 Å². The van der Waals surface area contributed by atoms with Gasteiger partial charge in [-0.05, 0) is 42.0 Å². The van der Waals surface area contributed by atoms with Gasteiger partial charge in [0, 0.05) is 36.0 Å². The van der Waals surface area contributed by atoms with Gasteiger partial charge in [0.1, 0.15) is 12.4 Å². The van der Waals surface area contributed by atoms with Crippen LogP contribution in [-0.2, 0) is 13.7 Å². The van der Waals surface area contributed by atoms with Gasteiger partial charge in [-0.2, -0.15) is 5.10 Å². The maximum Gasteiger partial charge on any atom is 0.130 e. The number of benzene rings is 2. The predicted octanol–water partition coefficient (Wildman–Crippen LogP) is 5.28. The molecule has 3 heterocycles. The number of aryl methyl sites for hydroxylation is 1. The van der Waals surface area contributed by atoms with Crippen LogP contribution in [0.25, 0.3) is 33.3 Å². The fraction of sp³-hybridized carbons (Fsp3) is 0.0800. The lowest BCUT2D eigenvalue weighted by Gasteiger charge is -2.09. The first-order chi connectivity index (χ1) is 14.8. The van der Waals surface area contributed by atoms with Gasteiger partial charge in [-0.1, -0.05) is 36.4 Å². The van der Waals surface area contributed by atoms with Crippen LogP contribution in [0.5, 0.6) is 5.75 Å². The molecule has 0 radical (unpaired) electrons. The maximum absolute atomic E-state index is 5.96. The highest BCUT2D eigenvalue weighted by Gasteiger charge is 2.13. The van der Waals surface area contributed by atoms with Crippen molar-refractivity contribution in [2.45, 2.75) is 6.61 Å². The topological polar surface area (TPSA) is 52.8 Å². The van der Waals surface area contributed by atoms with E-state index in [0.29, 0.717) is 6.61 Å². The van der Waals surface area contributed by atoms with Gasteiger partial charge in [0.15, 0.2) is 0 Å². The monoisotopic (exact) mass is 392 g/mol. The molecule has 5 rings (SSSR count). The van der Waals surface area contributed by atoms with Crippen molar-refractivity contribution in [1.82, 2.24) is 19.7 Å². The smallest absolute Gasteiger partial charge is 0.130 e. The number of aromatic nitrogens is 4.